The molecule has 0 aromatic heterocycles. The SMILES string of the molecule is CCC(CC)(CC)c1ccc(OS(=O)(=O)C(F)(F)F)c(C)c1. The molecule has 126 valence electrons. The molecule has 0 spiro atoms. The lowest BCUT2D eigenvalue weighted by molar-refractivity contribution is -0.0500. The second-order valence-corrected chi connectivity index (χ2v) is 6.84. The summed E-state index contributed by atoms with van der Waals surface area (Å²) < 4.78 is 63.5. The monoisotopic (exact) mass is 338 g/mol. The summed E-state index contributed by atoms with van der Waals surface area (Å²) in [6.07, 6.45) is 2.67. The summed E-state index contributed by atoms with van der Waals surface area (Å²) in [4.78, 5) is 0. The minimum atomic E-state index is -5.64. The van der Waals surface area contributed by atoms with Crippen LogP contribution in [-0.4, -0.2) is 13.9 Å². The number of halogens is 3. The zero-order chi connectivity index (χ0) is 17.2. The van der Waals surface area contributed by atoms with Crippen molar-refractivity contribution in [1.82, 2.24) is 0 Å². The second-order valence-electron chi connectivity index (χ2n) is 5.30. The minimum absolute atomic E-state index is 0.0633. The maximum atomic E-state index is 12.4. The van der Waals surface area contributed by atoms with Crippen molar-refractivity contribution in [2.24, 2.45) is 0 Å². The molecule has 3 nitrogen and oxygen atoms in total. The van der Waals surface area contributed by atoms with Gasteiger partial charge in [0.15, 0.2) is 0 Å². The van der Waals surface area contributed by atoms with E-state index in [0.717, 1.165) is 24.8 Å². The Bertz CT molecular complexity index is 609. The van der Waals surface area contributed by atoms with Crippen LogP contribution in [0.4, 0.5) is 13.2 Å². The number of hydrogen-bond donors (Lipinski definition) is 0. The molecule has 0 atom stereocenters. The van der Waals surface area contributed by atoms with Crippen LogP contribution in [0.2, 0.25) is 0 Å². The maximum absolute atomic E-state index is 12.4. The third-order valence-corrected chi connectivity index (χ3v) is 5.27. The summed E-state index contributed by atoms with van der Waals surface area (Å²) in [6.45, 7) is 7.71. The van der Waals surface area contributed by atoms with Gasteiger partial charge in [-0.1, -0.05) is 32.9 Å². The van der Waals surface area contributed by atoms with Crippen molar-refractivity contribution in [1.29, 1.82) is 0 Å². The quantitative estimate of drug-likeness (QED) is 0.558. The van der Waals surface area contributed by atoms with Crippen LogP contribution < -0.4 is 4.18 Å². The Morgan fingerprint density at radius 3 is 1.91 bits per heavy atom. The van der Waals surface area contributed by atoms with Crippen LogP contribution in [0, 0.1) is 6.92 Å². The van der Waals surface area contributed by atoms with E-state index in [1.807, 2.05) is 0 Å². The van der Waals surface area contributed by atoms with Crippen LogP contribution >= 0.6 is 0 Å². The van der Waals surface area contributed by atoms with E-state index < -0.39 is 15.6 Å². The van der Waals surface area contributed by atoms with Crippen LogP contribution in [0.25, 0.3) is 0 Å². The van der Waals surface area contributed by atoms with Gasteiger partial charge in [0.05, 0.1) is 0 Å². The van der Waals surface area contributed by atoms with E-state index in [9.17, 15) is 21.6 Å². The van der Waals surface area contributed by atoms with Gasteiger partial charge in [-0.05, 0) is 48.8 Å². The average Bonchev–Trinajstić information content (AvgIpc) is 2.43. The Kier molecular flexibility index (Phi) is 5.54. The van der Waals surface area contributed by atoms with Gasteiger partial charge >= 0.3 is 15.6 Å². The lowest BCUT2D eigenvalue weighted by atomic mass is 9.73. The molecule has 1 rings (SSSR count). The molecule has 1 aromatic carbocycles. The smallest absolute Gasteiger partial charge is 0.376 e. The van der Waals surface area contributed by atoms with E-state index in [1.165, 1.54) is 13.0 Å². The van der Waals surface area contributed by atoms with Gasteiger partial charge in [-0.3, -0.25) is 0 Å². The van der Waals surface area contributed by atoms with Crippen molar-refractivity contribution < 1.29 is 25.8 Å². The number of alkyl halides is 3. The second kappa shape index (κ2) is 6.48. The van der Waals surface area contributed by atoms with Gasteiger partial charge in [0, 0.05) is 0 Å². The fraction of sp³-hybridized carbons (Fsp3) is 0.600. The van der Waals surface area contributed by atoms with Gasteiger partial charge in [0.1, 0.15) is 5.75 Å². The van der Waals surface area contributed by atoms with E-state index in [4.69, 9.17) is 0 Å². The largest absolute Gasteiger partial charge is 0.534 e. The topological polar surface area (TPSA) is 43.4 Å². The first-order valence-electron chi connectivity index (χ1n) is 7.15. The van der Waals surface area contributed by atoms with Crippen molar-refractivity contribution in [3.05, 3.63) is 29.3 Å². The Morgan fingerprint density at radius 1 is 1.05 bits per heavy atom. The Morgan fingerprint density at radius 2 is 1.55 bits per heavy atom. The maximum Gasteiger partial charge on any atom is 0.534 e. The molecule has 0 aliphatic heterocycles. The number of aryl methyl sites for hydroxylation is 1. The van der Waals surface area contributed by atoms with Crippen LogP contribution in [-0.2, 0) is 15.5 Å². The normalized spacial score (nSPS) is 13.2. The molecule has 0 aliphatic rings. The van der Waals surface area contributed by atoms with E-state index in [2.05, 4.69) is 25.0 Å². The summed E-state index contributed by atoms with van der Waals surface area (Å²) in [5, 5.41) is 0. The molecule has 1 aromatic rings. The van der Waals surface area contributed by atoms with Crippen molar-refractivity contribution >= 4 is 10.1 Å². The number of rotatable bonds is 6. The molecule has 0 saturated carbocycles. The molecule has 0 bridgehead atoms. The predicted octanol–water partition coefficient (Wildman–Crippen LogP) is 4.69. The summed E-state index contributed by atoms with van der Waals surface area (Å²) in [6, 6.07) is 4.64. The fourth-order valence-corrected chi connectivity index (χ4v) is 3.12. The third-order valence-electron chi connectivity index (χ3n) is 4.30. The Hall–Kier alpha value is -1.24. The van der Waals surface area contributed by atoms with Gasteiger partial charge in [-0.2, -0.15) is 21.6 Å². The predicted molar refractivity (Wildman–Crippen MR) is 79.3 cm³/mol. The first kappa shape index (κ1) is 18.8. The average molecular weight is 338 g/mol. The summed E-state index contributed by atoms with van der Waals surface area (Å²) in [7, 11) is -5.64. The van der Waals surface area contributed by atoms with E-state index >= 15 is 0 Å². The fourth-order valence-electron chi connectivity index (χ4n) is 2.60. The zero-order valence-corrected chi connectivity index (χ0v) is 13.9. The molecule has 0 radical (unpaired) electrons. The van der Waals surface area contributed by atoms with Gasteiger partial charge < -0.3 is 4.18 Å². The summed E-state index contributed by atoms with van der Waals surface area (Å²) in [5.41, 5.74) is -4.15. The lowest BCUT2D eigenvalue weighted by Crippen LogP contribution is -2.28. The number of hydrogen-bond acceptors (Lipinski definition) is 3. The first-order valence-corrected chi connectivity index (χ1v) is 8.55. The molecule has 22 heavy (non-hydrogen) atoms. The summed E-state index contributed by atoms with van der Waals surface area (Å²) in [5.74, 6) is -0.293. The molecule has 0 saturated heterocycles. The van der Waals surface area contributed by atoms with Gasteiger partial charge in [-0.15, -0.1) is 0 Å². The molecule has 0 amide bonds. The minimum Gasteiger partial charge on any atom is -0.376 e. The lowest BCUT2D eigenvalue weighted by Gasteiger charge is -2.31. The van der Waals surface area contributed by atoms with Crippen LogP contribution in [0.1, 0.15) is 51.2 Å². The zero-order valence-electron chi connectivity index (χ0n) is 13.1. The molecule has 0 fully saturated rings. The van der Waals surface area contributed by atoms with Crippen molar-refractivity contribution in [3.63, 3.8) is 0 Å². The highest BCUT2D eigenvalue weighted by atomic mass is 32.2. The van der Waals surface area contributed by atoms with E-state index in [1.54, 1.807) is 12.1 Å². The Balaban J connectivity index is 3.21. The molecule has 0 heterocycles. The van der Waals surface area contributed by atoms with Crippen LogP contribution in [0.5, 0.6) is 5.75 Å². The van der Waals surface area contributed by atoms with Crippen molar-refractivity contribution in [2.45, 2.75) is 57.9 Å². The summed E-state index contributed by atoms with van der Waals surface area (Å²) >= 11 is 0. The molecule has 0 N–H and O–H groups in total. The molecule has 0 aliphatic carbocycles. The van der Waals surface area contributed by atoms with Gasteiger partial charge in [0.2, 0.25) is 0 Å². The van der Waals surface area contributed by atoms with Gasteiger partial charge in [0.25, 0.3) is 0 Å². The molecular formula is C15H21F3O3S. The van der Waals surface area contributed by atoms with E-state index in [-0.39, 0.29) is 11.2 Å². The highest BCUT2D eigenvalue weighted by molar-refractivity contribution is 7.88. The highest BCUT2D eigenvalue weighted by Crippen LogP contribution is 2.37. The van der Waals surface area contributed by atoms with Crippen LogP contribution in [0.3, 0.4) is 0 Å². The standard InChI is InChI=1S/C15H21F3O3S/c1-5-14(6-2,7-3)12-8-9-13(11(4)10-12)21-22(19,20)15(16,17)18/h8-10H,5-7H2,1-4H3. The highest BCUT2D eigenvalue weighted by Gasteiger charge is 2.48. The molecular weight excluding hydrogens is 317 g/mol. The van der Waals surface area contributed by atoms with Crippen molar-refractivity contribution in [2.75, 3.05) is 0 Å². The molecule has 7 heteroatoms. The van der Waals surface area contributed by atoms with Gasteiger partial charge in [-0.25, -0.2) is 0 Å². The molecule has 0 unspecified atom stereocenters. The van der Waals surface area contributed by atoms with E-state index in [0.29, 0.717) is 5.56 Å². The van der Waals surface area contributed by atoms with Crippen LogP contribution in [0.15, 0.2) is 18.2 Å². The Labute approximate surface area is 129 Å². The van der Waals surface area contributed by atoms with Crippen molar-refractivity contribution in [3.8, 4) is 5.75 Å². The number of benzene rings is 1. The first-order chi connectivity index (χ1) is 10.0. The third kappa shape index (κ3) is 3.56.